The maximum absolute atomic E-state index is 14.1. The molecule has 0 N–H and O–H groups in total. The maximum Gasteiger partial charge on any atom is 0.268 e. The van der Waals surface area contributed by atoms with Crippen molar-refractivity contribution >= 4 is 51.9 Å². The molecule has 0 aliphatic carbocycles. The van der Waals surface area contributed by atoms with Crippen LogP contribution < -0.4 is 14.6 Å². The van der Waals surface area contributed by atoms with Crippen molar-refractivity contribution < 1.29 is 9.53 Å². The Morgan fingerprint density at radius 3 is 1.97 bits per heavy atom. The van der Waals surface area contributed by atoms with E-state index in [1.165, 1.54) is 11.8 Å². The standard InChI is InChI=1S/C30H23N3O2S2/c1-35-26-19-17-22(18-20-26)21-27-29(34)32(24-13-7-3-8-14-24)30(36-27)33(25-15-9-4-10-16-25)31-28(37-30)23-11-5-2-6-12-23/h2-21H,1H3/b27-21-/t30-/m1/s1. The van der Waals surface area contributed by atoms with Gasteiger partial charge in [0.2, 0.25) is 4.33 Å². The molecular weight excluding hydrogens is 498 g/mol. The molecule has 37 heavy (non-hydrogen) atoms. The third-order valence-electron chi connectivity index (χ3n) is 6.08. The smallest absolute Gasteiger partial charge is 0.268 e. The van der Waals surface area contributed by atoms with Gasteiger partial charge in [0.1, 0.15) is 10.8 Å². The third-order valence-corrected chi connectivity index (χ3v) is 8.84. The molecule has 6 rings (SSSR count). The number of nitrogens with zero attached hydrogens (tertiary/aromatic N) is 3. The van der Waals surface area contributed by atoms with E-state index in [4.69, 9.17) is 9.84 Å². The molecule has 4 aromatic carbocycles. The third kappa shape index (κ3) is 4.30. The summed E-state index contributed by atoms with van der Waals surface area (Å²) < 4.78 is 4.43. The summed E-state index contributed by atoms with van der Waals surface area (Å²) in [6, 6.07) is 37.7. The van der Waals surface area contributed by atoms with E-state index in [0.29, 0.717) is 4.91 Å². The van der Waals surface area contributed by atoms with Crippen LogP contribution in [-0.4, -0.2) is 22.4 Å². The van der Waals surface area contributed by atoms with Gasteiger partial charge in [-0.3, -0.25) is 9.69 Å². The Balaban J connectivity index is 1.50. The SMILES string of the molecule is COc1ccc(/C=C2\S[C@@]3(SC(c4ccccc4)=NN3c3ccccc3)N(c3ccccc3)C2=O)cc1. The number of carbonyl (C=O) groups is 1. The fourth-order valence-corrected chi connectivity index (χ4v) is 7.29. The topological polar surface area (TPSA) is 45.1 Å². The van der Waals surface area contributed by atoms with Crippen molar-refractivity contribution in [1.29, 1.82) is 0 Å². The minimum Gasteiger partial charge on any atom is -0.497 e. The van der Waals surface area contributed by atoms with Crippen LogP contribution in [0.3, 0.4) is 0 Å². The molecule has 0 aromatic heterocycles. The van der Waals surface area contributed by atoms with Crippen molar-refractivity contribution in [2.75, 3.05) is 17.0 Å². The predicted molar refractivity (Wildman–Crippen MR) is 155 cm³/mol. The quantitative estimate of drug-likeness (QED) is 0.264. The molecule has 0 bridgehead atoms. The molecule has 182 valence electrons. The number of para-hydroxylation sites is 2. The van der Waals surface area contributed by atoms with Crippen LogP contribution in [0, 0.1) is 0 Å². The molecule has 1 spiro atoms. The predicted octanol–water partition coefficient (Wildman–Crippen LogP) is 7.04. The lowest BCUT2D eigenvalue weighted by atomic mass is 10.2. The Morgan fingerprint density at radius 1 is 0.757 bits per heavy atom. The Bertz CT molecular complexity index is 1480. The summed E-state index contributed by atoms with van der Waals surface area (Å²) in [6.07, 6.45) is 1.95. The average molecular weight is 522 g/mol. The molecule has 1 saturated heterocycles. The summed E-state index contributed by atoms with van der Waals surface area (Å²) in [4.78, 5) is 16.6. The zero-order chi connectivity index (χ0) is 25.2. The van der Waals surface area contributed by atoms with Crippen LogP contribution in [0.4, 0.5) is 11.4 Å². The van der Waals surface area contributed by atoms with Crippen molar-refractivity contribution in [1.82, 2.24) is 0 Å². The summed E-state index contributed by atoms with van der Waals surface area (Å²) in [6.45, 7) is 0. The van der Waals surface area contributed by atoms with Gasteiger partial charge in [-0.25, -0.2) is 5.01 Å². The molecule has 1 atom stereocenters. The summed E-state index contributed by atoms with van der Waals surface area (Å²) in [5.41, 5.74) is 3.67. The van der Waals surface area contributed by atoms with Gasteiger partial charge in [-0.05, 0) is 59.8 Å². The molecule has 2 heterocycles. The second-order valence-electron chi connectivity index (χ2n) is 8.43. The lowest BCUT2D eigenvalue weighted by molar-refractivity contribution is -0.114. The summed E-state index contributed by atoms with van der Waals surface area (Å²) in [5.74, 6) is 0.711. The van der Waals surface area contributed by atoms with Crippen LogP contribution in [0.15, 0.2) is 125 Å². The second kappa shape index (κ2) is 9.84. The van der Waals surface area contributed by atoms with Gasteiger partial charge in [-0.15, -0.1) is 0 Å². The highest BCUT2D eigenvalue weighted by atomic mass is 32.2. The molecule has 2 aliphatic rings. The van der Waals surface area contributed by atoms with Crippen molar-refractivity contribution in [3.8, 4) is 5.75 Å². The van der Waals surface area contributed by atoms with Crippen molar-refractivity contribution in [3.63, 3.8) is 0 Å². The summed E-state index contributed by atoms with van der Waals surface area (Å²) in [7, 11) is 1.64. The fraction of sp³-hybridized carbons (Fsp3) is 0.0667. The zero-order valence-corrected chi connectivity index (χ0v) is 21.7. The molecule has 1 amide bonds. The maximum atomic E-state index is 14.1. The first kappa shape index (κ1) is 23.5. The minimum absolute atomic E-state index is 0.0649. The number of carbonyl (C=O) groups excluding carboxylic acids is 1. The second-order valence-corrected chi connectivity index (χ2v) is 11.1. The van der Waals surface area contributed by atoms with E-state index in [1.807, 2.05) is 119 Å². The number of hydrogen-bond donors (Lipinski definition) is 0. The number of amides is 1. The van der Waals surface area contributed by atoms with Crippen molar-refractivity contribution in [2.24, 2.45) is 5.10 Å². The minimum atomic E-state index is -0.872. The number of rotatable bonds is 5. The zero-order valence-electron chi connectivity index (χ0n) is 20.0. The van der Waals surface area contributed by atoms with Crippen LogP contribution in [0.5, 0.6) is 5.75 Å². The van der Waals surface area contributed by atoms with Gasteiger partial charge in [0.15, 0.2) is 0 Å². The number of hydrogen-bond acceptors (Lipinski definition) is 6. The first-order valence-corrected chi connectivity index (χ1v) is 13.4. The van der Waals surface area contributed by atoms with E-state index in [1.54, 1.807) is 18.9 Å². The van der Waals surface area contributed by atoms with Crippen molar-refractivity contribution in [3.05, 3.63) is 131 Å². The molecule has 1 fully saturated rings. The van der Waals surface area contributed by atoms with E-state index in [2.05, 4.69) is 12.1 Å². The number of ether oxygens (including phenoxy) is 1. The summed E-state index contributed by atoms with van der Waals surface area (Å²) in [5, 5.41) is 7.93. The molecule has 0 saturated carbocycles. The van der Waals surface area contributed by atoms with Crippen LogP contribution >= 0.6 is 23.5 Å². The van der Waals surface area contributed by atoms with Gasteiger partial charge in [0, 0.05) is 11.3 Å². The number of benzene rings is 4. The molecule has 4 aromatic rings. The van der Waals surface area contributed by atoms with Gasteiger partial charge in [-0.2, -0.15) is 5.10 Å². The Morgan fingerprint density at radius 2 is 1.35 bits per heavy atom. The normalized spacial score (nSPS) is 20.1. The first-order valence-electron chi connectivity index (χ1n) is 11.8. The molecular formula is C30H23N3O2S2. The van der Waals surface area contributed by atoms with Crippen LogP contribution in [0.1, 0.15) is 11.1 Å². The monoisotopic (exact) mass is 521 g/mol. The molecule has 7 heteroatoms. The molecule has 2 aliphatic heterocycles. The molecule has 5 nitrogen and oxygen atoms in total. The van der Waals surface area contributed by atoms with Crippen molar-refractivity contribution in [2.45, 2.75) is 4.33 Å². The molecule has 0 radical (unpaired) electrons. The number of methoxy groups -OCH3 is 1. The van der Waals surface area contributed by atoms with Crippen LogP contribution in [0.25, 0.3) is 6.08 Å². The van der Waals surface area contributed by atoms with Gasteiger partial charge in [-0.1, -0.05) is 90.6 Å². The highest BCUT2D eigenvalue weighted by molar-refractivity contribution is 8.28. The van der Waals surface area contributed by atoms with E-state index in [-0.39, 0.29) is 5.91 Å². The fourth-order valence-electron chi connectivity index (χ4n) is 4.31. The van der Waals surface area contributed by atoms with Gasteiger partial charge < -0.3 is 4.74 Å². The van der Waals surface area contributed by atoms with E-state index >= 15 is 0 Å². The first-order chi connectivity index (χ1) is 18.2. The van der Waals surface area contributed by atoms with E-state index < -0.39 is 4.33 Å². The number of thioether (sulfide) groups is 2. The van der Waals surface area contributed by atoms with Gasteiger partial charge in [0.25, 0.3) is 5.91 Å². The van der Waals surface area contributed by atoms with E-state index in [0.717, 1.165) is 33.3 Å². The van der Waals surface area contributed by atoms with Crippen LogP contribution in [-0.2, 0) is 4.79 Å². The highest BCUT2D eigenvalue weighted by Gasteiger charge is 2.59. The van der Waals surface area contributed by atoms with Gasteiger partial charge in [0.05, 0.1) is 17.7 Å². The largest absolute Gasteiger partial charge is 0.497 e. The average Bonchev–Trinajstić information content (AvgIpc) is 3.47. The Hall–Kier alpha value is -3.94. The Kier molecular flexibility index (Phi) is 6.24. The summed E-state index contributed by atoms with van der Waals surface area (Å²) >= 11 is 3.11. The number of anilines is 2. The highest BCUT2D eigenvalue weighted by Crippen LogP contribution is 2.59. The number of hydrazone groups is 1. The van der Waals surface area contributed by atoms with E-state index in [9.17, 15) is 4.79 Å². The molecule has 0 unspecified atom stereocenters. The lowest BCUT2D eigenvalue weighted by Crippen LogP contribution is -2.51. The van der Waals surface area contributed by atoms with Crippen LogP contribution in [0.2, 0.25) is 0 Å². The van der Waals surface area contributed by atoms with Gasteiger partial charge >= 0.3 is 0 Å². The lowest BCUT2D eigenvalue weighted by Gasteiger charge is -2.38. The Labute approximate surface area is 224 Å².